The molecule has 2 aliphatic carbocycles. The molecule has 1 N–H and O–H groups in total. The molecular formula is C34H43FN4O3S. The molecule has 0 spiro atoms. The van der Waals surface area contributed by atoms with Crippen molar-refractivity contribution in [2.24, 2.45) is 17.8 Å². The fourth-order valence-corrected chi connectivity index (χ4v) is 9.58. The first-order chi connectivity index (χ1) is 20.9. The minimum Gasteiger partial charge on any atom is -0.611 e. The molecule has 2 heterocycles. The minimum absolute atomic E-state index is 0.0717. The van der Waals surface area contributed by atoms with Gasteiger partial charge in [-0.25, -0.2) is 9.18 Å². The normalized spacial score (nSPS) is 25.7. The second-order valence-electron chi connectivity index (χ2n) is 13.0. The van der Waals surface area contributed by atoms with Crippen molar-refractivity contribution in [2.75, 3.05) is 44.7 Å². The van der Waals surface area contributed by atoms with Gasteiger partial charge in [0.15, 0.2) is 4.90 Å². The molecule has 4 unspecified atom stereocenters. The lowest BCUT2D eigenvalue weighted by atomic mass is 9.59. The number of anilines is 1. The Balaban J connectivity index is 1.07. The van der Waals surface area contributed by atoms with Gasteiger partial charge in [-0.1, -0.05) is 18.6 Å². The van der Waals surface area contributed by atoms with E-state index in [1.165, 1.54) is 31.4 Å². The van der Waals surface area contributed by atoms with Gasteiger partial charge < -0.3 is 24.4 Å². The fraction of sp³-hybridized carbons (Fsp3) is 0.588. The van der Waals surface area contributed by atoms with Gasteiger partial charge in [-0.15, -0.1) is 0 Å². The third-order valence-electron chi connectivity index (χ3n) is 10.6. The number of rotatable bonds is 9. The number of hydrogen-bond donors (Lipinski definition) is 1. The van der Waals surface area contributed by atoms with Crippen LogP contribution >= 0.6 is 0 Å². The van der Waals surface area contributed by atoms with E-state index < -0.39 is 22.7 Å². The van der Waals surface area contributed by atoms with Crippen LogP contribution in [0.1, 0.15) is 56.9 Å². The Morgan fingerprint density at radius 2 is 1.81 bits per heavy atom. The van der Waals surface area contributed by atoms with Crippen molar-refractivity contribution in [3.05, 3.63) is 59.9 Å². The Morgan fingerprint density at radius 1 is 1.09 bits per heavy atom. The monoisotopic (exact) mass is 606 g/mol. The lowest BCUT2D eigenvalue weighted by Gasteiger charge is -2.48. The van der Waals surface area contributed by atoms with Crippen LogP contribution in [0.15, 0.2) is 53.4 Å². The van der Waals surface area contributed by atoms with Gasteiger partial charge in [-0.05, 0) is 117 Å². The number of alkyl carbamates (subject to hydrolysis) is 1. The van der Waals surface area contributed by atoms with E-state index in [-0.39, 0.29) is 23.7 Å². The minimum atomic E-state index is -0.877. The standard InChI is InChI=1S/C34H43FN4O3S/c1-42-33(40)37-32-10-4-9-31(32)34(23-36,26-5-2-6-27(35)19-26)25-15-17-38(18-16-25)20-24-21-39(22-24)28-11-13-30(14-12-28)43(41)29-7-3-8-29/h2,5-6,11-14,19,24-25,29,31-32H,3-4,7-10,15-18,20-22H2,1H3,(H,37,40). The highest BCUT2D eigenvalue weighted by Gasteiger charge is 2.52. The first-order valence-electron chi connectivity index (χ1n) is 15.9. The number of amides is 1. The van der Waals surface area contributed by atoms with E-state index in [1.54, 1.807) is 6.07 Å². The predicted octanol–water partition coefficient (Wildman–Crippen LogP) is 5.62. The third-order valence-corrected chi connectivity index (χ3v) is 12.4. The molecular weight excluding hydrogens is 563 g/mol. The zero-order valence-electron chi connectivity index (χ0n) is 25.1. The molecule has 1 amide bonds. The van der Waals surface area contributed by atoms with Crippen molar-refractivity contribution in [1.82, 2.24) is 10.2 Å². The van der Waals surface area contributed by atoms with Crippen molar-refractivity contribution < 1.29 is 18.5 Å². The van der Waals surface area contributed by atoms with Gasteiger partial charge in [0.05, 0.1) is 18.6 Å². The van der Waals surface area contributed by atoms with E-state index in [9.17, 15) is 19.0 Å². The summed E-state index contributed by atoms with van der Waals surface area (Å²) >= 11 is -0.877. The number of piperidine rings is 1. The molecule has 230 valence electrons. The topological polar surface area (TPSA) is 91.7 Å². The van der Waals surface area contributed by atoms with Crippen LogP contribution in [-0.4, -0.2) is 66.7 Å². The summed E-state index contributed by atoms with van der Waals surface area (Å²) in [5, 5.41) is 14.2. The maximum atomic E-state index is 14.5. The molecule has 6 rings (SSSR count). The number of halogens is 1. The number of nitriles is 1. The van der Waals surface area contributed by atoms with Gasteiger partial charge in [-0.3, -0.25) is 0 Å². The van der Waals surface area contributed by atoms with Crippen LogP contribution in [0.3, 0.4) is 0 Å². The van der Waals surface area contributed by atoms with Gasteiger partial charge >= 0.3 is 6.09 Å². The summed E-state index contributed by atoms with van der Waals surface area (Å²) in [5.74, 6) is 0.226. The van der Waals surface area contributed by atoms with E-state index in [1.807, 2.05) is 18.2 Å². The van der Waals surface area contributed by atoms with Crippen LogP contribution in [0.5, 0.6) is 0 Å². The quantitative estimate of drug-likeness (QED) is 0.373. The van der Waals surface area contributed by atoms with E-state index in [4.69, 9.17) is 4.74 Å². The Labute approximate surface area is 257 Å². The Morgan fingerprint density at radius 3 is 2.44 bits per heavy atom. The summed E-state index contributed by atoms with van der Waals surface area (Å²) < 4.78 is 32.1. The van der Waals surface area contributed by atoms with Crippen molar-refractivity contribution in [2.45, 2.75) is 73.0 Å². The summed E-state index contributed by atoms with van der Waals surface area (Å²) in [6.45, 7) is 4.87. The number of carbonyl (C=O) groups is 1. The zero-order valence-corrected chi connectivity index (χ0v) is 25.9. The summed E-state index contributed by atoms with van der Waals surface area (Å²) in [6.07, 6.45) is 7.12. The van der Waals surface area contributed by atoms with Crippen LogP contribution in [0.25, 0.3) is 0 Å². The van der Waals surface area contributed by atoms with Gasteiger partial charge in [0.1, 0.15) is 11.1 Å². The second kappa shape index (κ2) is 13.1. The summed E-state index contributed by atoms with van der Waals surface area (Å²) in [7, 11) is 1.36. The van der Waals surface area contributed by atoms with Crippen molar-refractivity contribution in [3.63, 3.8) is 0 Å². The third kappa shape index (κ3) is 6.11. The largest absolute Gasteiger partial charge is 0.611 e. The van der Waals surface area contributed by atoms with Crippen LogP contribution in [0.4, 0.5) is 14.9 Å². The molecule has 43 heavy (non-hydrogen) atoms. The average Bonchev–Trinajstić information content (AvgIpc) is 3.43. The fourth-order valence-electron chi connectivity index (χ4n) is 8.03. The maximum Gasteiger partial charge on any atom is 0.407 e. The first kappa shape index (κ1) is 30.2. The number of nitrogens with one attached hydrogen (secondary N) is 1. The molecule has 2 aromatic carbocycles. The number of hydrogen-bond acceptors (Lipinski definition) is 6. The SMILES string of the molecule is COC(=O)NC1CCCC1C(C#N)(c1cccc(F)c1)C1CCN(CC2CN(c3ccc([S+]([O-])C4CCC4)cc3)C2)CC1. The molecule has 9 heteroatoms. The summed E-state index contributed by atoms with van der Waals surface area (Å²) in [6, 6.07) is 17.4. The molecule has 2 aromatic rings. The highest BCUT2D eigenvalue weighted by Crippen LogP contribution is 2.50. The summed E-state index contributed by atoms with van der Waals surface area (Å²) in [4.78, 5) is 18.0. The predicted molar refractivity (Wildman–Crippen MR) is 166 cm³/mol. The molecule has 0 aromatic heterocycles. The van der Waals surface area contributed by atoms with Gasteiger partial charge in [0.25, 0.3) is 0 Å². The Hall–Kier alpha value is -2.80. The van der Waals surface area contributed by atoms with Crippen LogP contribution < -0.4 is 10.2 Å². The molecule has 2 saturated carbocycles. The second-order valence-corrected chi connectivity index (χ2v) is 14.7. The number of carbonyl (C=O) groups excluding carboxylic acids is 1. The number of nitrogens with zero attached hydrogens (tertiary/aromatic N) is 3. The molecule has 0 bridgehead atoms. The van der Waals surface area contributed by atoms with Crippen LogP contribution in [-0.2, 0) is 21.3 Å². The highest BCUT2D eigenvalue weighted by molar-refractivity contribution is 7.92. The molecule has 4 fully saturated rings. The molecule has 2 saturated heterocycles. The Bertz CT molecular complexity index is 1300. The number of benzene rings is 2. The molecule has 0 radical (unpaired) electrons. The van der Waals surface area contributed by atoms with Crippen molar-refractivity contribution in [3.8, 4) is 6.07 Å². The van der Waals surface area contributed by atoms with Gasteiger partial charge in [0, 0.05) is 43.2 Å². The average molecular weight is 607 g/mol. The van der Waals surface area contributed by atoms with E-state index >= 15 is 0 Å². The lowest BCUT2D eigenvalue weighted by molar-refractivity contribution is 0.0938. The van der Waals surface area contributed by atoms with E-state index in [2.05, 4.69) is 33.3 Å². The number of likely N-dealkylation sites (tertiary alicyclic amines) is 1. The molecule has 4 atom stereocenters. The van der Waals surface area contributed by atoms with Crippen molar-refractivity contribution >= 4 is 23.0 Å². The molecule has 2 aliphatic heterocycles. The molecule has 4 aliphatic rings. The maximum absolute atomic E-state index is 14.5. The van der Waals surface area contributed by atoms with E-state index in [0.717, 1.165) is 88.1 Å². The lowest BCUT2D eigenvalue weighted by Crippen LogP contribution is -2.55. The smallest absolute Gasteiger partial charge is 0.407 e. The first-order valence-corrected chi connectivity index (χ1v) is 17.1. The Kier molecular flexibility index (Phi) is 9.18. The van der Waals surface area contributed by atoms with Crippen LogP contribution in [0, 0.1) is 34.9 Å². The number of methoxy groups -OCH3 is 1. The van der Waals surface area contributed by atoms with Gasteiger partial charge in [-0.2, -0.15) is 5.26 Å². The van der Waals surface area contributed by atoms with E-state index in [0.29, 0.717) is 11.2 Å². The number of ether oxygens (including phenoxy) is 1. The van der Waals surface area contributed by atoms with Gasteiger partial charge in [0.2, 0.25) is 0 Å². The zero-order chi connectivity index (χ0) is 30.0. The summed E-state index contributed by atoms with van der Waals surface area (Å²) in [5.41, 5.74) is 1.05. The molecule has 7 nitrogen and oxygen atoms in total. The highest BCUT2D eigenvalue weighted by atomic mass is 32.2. The van der Waals surface area contributed by atoms with Crippen LogP contribution in [0.2, 0.25) is 0 Å². The van der Waals surface area contributed by atoms with Crippen molar-refractivity contribution in [1.29, 1.82) is 5.26 Å².